The van der Waals surface area contributed by atoms with Crippen molar-refractivity contribution in [1.29, 1.82) is 0 Å². The molecule has 0 saturated carbocycles. The number of ketones is 1. The number of ether oxygens (including phenoxy) is 1. The molecule has 0 aliphatic carbocycles. The van der Waals surface area contributed by atoms with Crippen molar-refractivity contribution in [2.45, 2.75) is 6.04 Å². The normalized spacial score (nSPS) is 21.6. The third-order valence-electron chi connectivity index (χ3n) is 5.60. The SMILES string of the molecule is O=C1C(=O)N(CCN2CCOCC2)[C@@H](c2ccc(Cl)cc2)/C1=C(\O)c1ccc(Br)cc1. The smallest absolute Gasteiger partial charge is 0.295 e. The van der Waals surface area contributed by atoms with E-state index in [1.165, 1.54) is 0 Å². The molecule has 4 rings (SSSR count). The van der Waals surface area contributed by atoms with Crippen molar-refractivity contribution in [3.8, 4) is 0 Å². The fourth-order valence-corrected chi connectivity index (χ4v) is 4.33. The minimum absolute atomic E-state index is 0.0941. The zero-order chi connectivity index (χ0) is 22.0. The Balaban J connectivity index is 1.72. The Kier molecular flexibility index (Phi) is 6.77. The highest BCUT2D eigenvalue weighted by Gasteiger charge is 2.46. The van der Waals surface area contributed by atoms with Gasteiger partial charge in [-0.05, 0) is 29.8 Å². The Morgan fingerprint density at radius 1 is 1.03 bits per heavy atom. The number of hydrogen-bond donors (Lipinski definition) is 1. The first-order valence-corrected chi connectivity index (χ1v) is 11.2. The molecule has 2 heterocycles. The molecule has 1 atom stereocenters. The molecule has 2 aromatic carbocycles. The van der Waals surface area contributed by atoms with Crippen LogP contribution in [0.15, 0.2) is 58.6 Å². The summed E-state index contributed by atoms with van der Waals surface area (Å²) in [6.45, 7) is 3.88. The molecule has 1 amide bonds. The van der Waals surface area contributed by atoms with Crippen molar-refractivity contribution in [3.63, 3.8) is 0 Å². The second-order valence-electron chi connectivity index (χ2n) is 7.50. The van der Waals surface area contributed by atoms with E-state index >= 15 is 0 Å². The van der Waals surface area contributed by atoms with Crippen LogP contribution in [0.4, 0.5) is 0 Å². The molecule has 0 bridgehead atoms. The molecule has 2 aliphatic heterocycles. The monoisotopic (exact) mass is 504 g/mol. The largest absolute Gasteiger partial charge is 0.507 e. The Morgan fingerprint density at radius 3 is 2.32 bits per heavy atom. The van der Waals surface area contributed by atoms with Crippen LogP contribution in [0.2, 0.25) is 5.02 Å². The predicted octanol–water partition coefficient (Wildman–Crippen LogP) is 3.86. The summed E-state index contributed by atoms with van der Waals surface area (Å²) in [5.41, 5.74) is 1.30. The summed E-state index contributed by atoms with van der Waals surface area (Å²) in [6, 6.07) is 13.3. The minimum atomic E-state index is -0.679. The van der Waals surface area contributed by atoms with E-state index in [1.807, 2.05) is 0 Å². The first-order valence-electron chi connectivity index (χ1n) is 10.1. The minimum Gasteiger partial charge on any atom is -0.507 e. The average Bonchev–Trinajstić information content (AvgIpc) is 3.04. The summed E-state index contributed by atoms with van der Waals surface area (Å²) in [7, 11) is 0. The maximum absolute atomic E-state index is 13.0. The van der Waals surface area contributed by atoms with Gasteiger partial charge in [-0.25, -0.2) is 0 Å². The van der Waals surface area contributed by atoms with Gasteiger partial charge in [0.1, 0.15) is 5.76 Å². The van der Waals surface area contributed by atoms with Crippen LogP contribution in [0.5, 0.6) is 0 Å². The van der Waals surface area contributed by atoms with Crippen LogP contribution >= 0.6 is 27.5 Å². The quantitative estimate of drug-likeness (QED) is 0.380. The van der Waals surface area contributed by atoms with Crippen LogP contribution in [-0.4, -0.2) is 66.0 Å². The first kappa shape index (κ1) is 22.0. The summed E-state index contributed by atoms with van der Waals surface area (Å²) in [4.78, 5) is 29.8. The maximum atomic E-state index is 13.0. The van der Waals surface area contributed by atoms with Crippen LogP contribution in [0.1, 0.15) is 17.2 Å². The Morgan fingerprint density at radius 2 is 1.68 bits per heavy atom. The fraction of sp³-hybridized carbons (Fsp3) is 0.304. The molecular weight excluding hydrogens is 484 g/mol. The van der Waals surface area contributed by atoms with Crippen molar-refractivity contribution >= 4 is 45.0 Å². The Labute approximate surface area is 194 Å². The number of amides is 1. The van der Waals surface area contributed by atoms with E-state index in [1.54, 1.807) is 53.4 Å². The van der Waals surface area contributed by atoms with E-state index < -0.39 is 17.7 Å². The van der Waals surface area contributed by atoms with Gasteiger partial charge in [-0.1, -0.05) is 51.8 Å². The van der Waals surface area contributed by atoms with E-state index in [-0.39, 0.29) is 11.3 Å². The highest BCUT2D eigenvalue weighted by atomic mass is 79.9. The van der Waals surface area contributed by atoms with E-state index in [4.69, 9.17) is 16.3 Å². The van der Waals surface area contributed by atoms with Crippen molar-refractivity contribution in [3.05, 3.63) is 74.7 Å². The van der Waals surface area contributed by atoms with Crippen molar-refractivity contribution in [2.75, 3.05) is 39.4 Å². The predicted molar refractivity (Wildman–Crippen MR) is 122 cm³/mol. The number of nitrogens with zero attached hydrogens (tertiary/aromatic N) is 2. The molecule has 0 unspecified atom stereocenters. The van der Waals surface area contributed by atoms with E-state index in [0.29, 0.717) is 36.9 Å². The summed E-state index contributed by atoms with van der Waals surface area (Å²) >= 11 is 9.42. The second-order valence-corrected chi connectivity index (χ2v) is 8.86. The van der Waals surface area contributed by atoms with E-state index in [9.17, 15) is 14.7 Å². The molecule has 2 fully saturated rings. The third-order valence-corrected chi connectivity index (χ3v) is 6.38. The number of carbonyl (C=O) groups is 2. The lowest BCUT2D eigenvalue weighted by atomic mass is 9.95. The molecule has 2 saturated heterocycles. The second kappa shape index (κ2) is 9.53. The van der Waals surface area contributed by atoms with Gasteiger partial charge in [0.2, 0.25) is 0 Å². The van der Waals surface area contributed by atoms with Gasteiger partial charge in [-0.2, -0.15) is 0 Å². The first-order chi connectivity index (χ1) is 15.0. The molecule has 6 nitrogen and oxygen atoms in total. The lowest BCUT2D eigenvalue weighted by Crippen LogP contribution is -2.42. The topological polar surface area (TPSA) is 70.1 Å². The van der Waals surface area contributed by atoms with Crippen LogP contribution in [0, 0.1) is 0 Å². The zero-order valence-corrected chi connectivity index (χ0v) is 19.1. The highest BCUT2D eigenvalue weighted by Crippen LogP contribution is 2.39. The molecule has 2 aromatic rings. The Bertz CT molecular complexity index is 1000. The summed E-state index contributed by atoms with van der Waals surface area (Å²) < 4.78 is 6.24. The van der Waals surface area contributed by atoms with E-state index in [2.05, 4.69) is 20.8 Å². The fourth-order valence-electron chi connectivity index (χ4n) is 3.94. The van der Waals surface area contributed by atoms with Crippen LogP contribution < -0.4 is 0 Å². The van der Waals surface area contributed by atoms with Gasteiger partial charge in [-0.15, -0.1) is 0 Å². The molecule has 1 N–H and O–H groups in total. The lowest BCUT2D eigenvalue weighted by molar-refractivity contribution is -0.140. The average molecular weight is 506 g/mol. The third kappa shape index (κ3) is 4.70. The zero-order valence-electron chi connectivity index (χ0n) is 16.8. The molecule has 0 radical (unpaired) electrons. The summed E-state index contributed by atoms with van der Waals surface area (Å²) in [5.74, 6) is -1.46. The molecule has 0 spiro atoms. The molecular formula is C23H22BrClN2O4. The number of aliphatic hydroxyl groups excluding tert-OH is 1. The number of benzene rings is 2. The molecule has 2 aliphatic rings. The number of halogens is 2. The van der Waals surface area contributed by atoms with Crippen LogP contribution in [-0.2, 0) is 14.3 Å². The number of morpholine rings is 1. The number of rotatable bonds is 5. The van der Waals surface area contributed by atoms with Gasteiger partial charge in [0.15, 0.2) is 0 Å². The van der Waals surface area contributed by atoms with E-state index in [0.717, 1.165) is 23.1 Å². The Hall–Kier alpha value is -2.19. The van der Waals surface area contributed by atoms with Gasteiger partial charge in [0, 0.05) is 41.2 Å². The highest BCUT2D eigenvalue weighted by molar-refractivity contribution is 9.10. The van der Waals surface area contributed by atoms with Gasteiger partial charge in [0.05, 0.1) is 24.8 Å². The van der Waals surface area contributed by atoms with Crippen molar-refractivity contribution in [2.24, 2.45) is 0 Å². The molecule has 0 aromatic heterocycles. The molecule has 31 heavy (non-hydrogen) atoms. The standard InChI is InChI=1S/C23H22BrClN2O4/c24-17-5-1-16(2-6-17)21(28)19-20(15-3-7-18(25)8-4-15)27(23(30)22(19)29)10-9-26-11-13-31-14-12-26/h1-8,20,28H,9-14H2/b21-19+/t20-/m0/s1. The molecule has 8 heteroatoms. The number of hydrogen-bond acceptors (Lipinski definition) is 5. The van der Waals surface area contributed by atoms with Crippen LogP contribution in [0.3, 0.4) is 0 Å². The van der Waals surface area contributed by atoms with Gasteiger partial charge in [0.25, 0.3) is 11.7 Å². The summed E-state index contributed by atoms with van der Waals surface area (Å²) in [5, 5.41) is 11.6. The summed E-state index contributed by atoms with van der Waals surface area (Å²) in [6.07, 6.45) is 0. The van der Waals surface area contributed by atoms with Crippen LogP contribution in [0.25, 0.3) is 5.76 Å². The number of likely N-dealkylation sites (tertiary alicyclic amines) is 1. The number of carbonyl (C=O) groups excluding carboxylic acids is 2. The van der Waals surface area contributed by atoms with Gasteiger partial charge in [-0.3, -0.25) is 14.5 Å². The van der Waals surface area contributed by atoms with Crippen molar-refractivity contribution in [1.82, 2.24) is 9.80 Å². The number of aliphatic hydroxyl groups is 1. The van der Waals surface area contributed by atoms with Gasteiger partial charge >= 0.3 is 0 Å². The van der Waals surface area contributed by atoms with Gasteiger partial charge < -0.3 is 14.7 Å². The maximum Gasteiger partial charge on any atom is 0.295 e. The molecule has 162 valence electrons. The lowest BCUT2D eigenvalue weighted by Gasteiger charge is -2.31. The van der Waals surface area contributed by atoms with Crippen molar-refractivity contribution < 1.29 is 19.4 Å². The number of Topliss-reactive ketones (excluding diaryl/α,β-unsaturated/α-hetero) is 1.